The summed E-state index contributed by atoms with van der Waals surface area (Å²) in [5.74, 6) is -0.540. The van der Waals surface area contributed by atoms with Crippen molar-refractivity contribution in [3.8, 4) is 5.69 Å². The summed E-state index contributed by atoms with van der Waals surface area (Å²) in [4.78, 5) is 12.4. The number of carbonyl (C=O) groups excluding carboxylic acids is 1. The zero-order chi connectivity index (χ0) is 20.4. The number of nitrogens with zero attached hydrogens (tertiary/aromatic N) is 4. The molecule has 0 fully saturated rings. The third-order valence-electron chi connectivity index (χ3n) is 4.43. The van der Waals surface area contributed by atoms with Gasteiger partial charge in [0.05, 0.1) is 33.9 Å². The number of esters is 1. The molecular weight excluding hydrogens is 408 g/mol. The quantitative estimate of drug-likeness (QED) is 0.339. The van der Waals surface area contributed by atoms with Crippen molar-refractivity contribution < 1.29 is 9.53 Å². The van der Waals surface area contributed by atoms with Gasteiger partial charge in [-0.15, -0.1) is 0 Å². The number of halogens is 1. The van der Waals surface area contributed by atoms with Gasteiger partial charge < -0.3 is 4.74 Å². The van der Waals surface area contributed by atoms with E-state index in [-0.39, 0.29) is 12.3 Å². The van der Waals surface area contributed by atoms with Gasteiger partial charge in [-0.2, -0.15) is 10.2 Å². The van der Waals surface area contributed by atoms with Crippen molar-refractivity contribution in [1.29, 1.82) is 0 Å². The van der Waals surface area contributed by atoms with Gasteiger partial charge in [0.2, 0.25) is 0 Å². The molecule has 0 unspecified atom stereocenters. The topological polar surface area (TPSA) is 61.9 Å². The fraction of sp³-hybridized carbons (Fsp3) is 0.143. The fourth-order valence-electron chi connectivity index (χ4n) is 3.10. The van der Waals surface area contributed by atoms with E-state index in [1.807, 2.05) is 42.6 Å². The summed E-state index contributed by atoms with van der Waals surface area (Å²) in [6.45, 7) is 2.41. The smallest absolute Gasteiger partial charge is 0.360 e. The van der Waals surface area contributed by atoms with Crippen LogP contribution in [0.25, 0.3) is 16.6 Å². The predicted octanol–water partition coefficient (Wildman–Crippen LogP) is 4.83. The third kappa shape index (κ3) is 3.79. The Morgan fingerprint density at radius 1 is 1.17 bits per heavy atom. The first-order chi connectivity index (χ1) is 14.1. The van der Waals surface area contributed by atoms with E-state index in [4.69, 9.17) is 28.6 Å². The number of ether oxygens (including phenoxy) is 1. The lowest BCUT2D eigenvalue weighted by molar-refractivity contribution is 0.0516. The van der Waals surface area contributed by atoms with Gasteiger partial charge in [0.15, 0.2) is 5.69 Å². The first-order valence-electron chi connectivity index (χ1n) is 9.04. The highest BCUT2D eigenvalue weighted by Crippen LogP contribution is 2.26. The lowest BCUT2D eigenvalue weighted by atomic mass is 10.1. The van der Waals surface area contributed by atoms with Crippen molar-refractivity contribution in [3.63, 3.8) is 0 Å². The number of para-hydroxylation sites is 1. The molecule has 0 saturated carbocycles. The van der Waals surface area contributed by atoms with E-state index in [1.165, 1.54) is 0 Å². The second kappa shape index (κ2) is 8.14. The van der Waals surface area contributed by atoms with Gasteiger partial charge >= 0.3 is 5.97 Å². The molecule has 4 aromatic rings. The Hall–Kier alpha value is -3.03. The van der Waals surface area contributed by atoms with Gasteiger partial charge in [0.25, 0.3) is 0 Å². The van der Waals surface area contributed by atoms with Gasteiger partial charge in [-0.25, -0.2) is 9.48 Å². The van der Waals surface area contributed by atoms with Crippen LogP contribution in [0.3, 0.4) is 0 Å². The van der Waals surface area contributed by atoms with E-state index >= 15 is 0 Å². The number of rotatable bonds is 5. The lowest BCUT2D eigenvalue weighted by Gasteiger charge is -2.14. The summed E-state index contributed by atoms with van der Waals surface area (Å²) < 4.78 is 8.95. The zero-order valence-corrected chi connectivity index (χ0v) is 17.2. The number of fused-ring (bicyclic) bond motifs is 1. The Balaban J connectivity index is 1.79. The first kappa shape index (κ1) is 19.3. The third-order valence-corrected chi connectivity index (χ3v) is 5.15. The van der Waals surface area contributed by atoms with E-state index in [9.17, 15) is 4.79 Å². The van der Waals surface area contributed by atoms with E-state index in [1.54, 1.807) is 34.6 Å². The second-order valence-corrected chi connectivity index (χ2v) is 7.12. The van der Waals surface area contributed by atoms with Crippen LogP contribution in [0.1, 0.15) is 23.0 Å². The van der Waals surface area contributed by atoms with Crippen molar-refractivity contribution in [1.82, 2.24) is 19.6 Å². The Labute approximate surface area is 177 Å². The molecule has 0 radical (unpaired) electrons. The second-order valence-electron chi connectivity index (χ2n) is 6.31. The molecule has 0 saturated heterocycles. The van der Waals surface area contributed by atoms with Gasteiger partial charge in [-0.1, -0.05) is 48.1 Å². The molecule has 0 atom stereocenters. The molecule has 0 amide bonds. The number of carbonyl (C=O) groups is 1. The van der Waals surface area contributed by atoms with E-state index in [0.717, 1.165) is 11.3 Å². The van der Waals surface area contributed by atoms with Crippen LogP contribution in [0.15, 0.2) is 60.9 Å². The maximum Gasteiger partial charge on any atom is 0.360 e. The summed E-state index contributed by atoms with van der Waals surface area (Å²) in [7, 11) is 0. The number of hydrogen-bond acceptors (Lipinski definition) is 5. The van der Waals surface area contributed by atoms with E-state index in [0.29, 0.717) is 27.0 Å². The molecule has 146 valence electrons. The molecule has 8 heteroatoms. The highest BCUT2D eigenvalue weighted by atomic mass is 35.5. The van der Waals surface area contributed by atoms with Crippen molar-refractivity contribution in [2.45, 2.75) is 13.5 Å². The van der Waals surface area contributed by atoms with Gasteiger partial charge in [-0.05, 0) is 36.8 Å². The van der Waals surface area contributed by atoms with Crippen LogP contribution in [0.4, 0.5) is 0 Å². The summed E-state index contributed by atoms with van der Waals surface area (Å²) in [6.07, 6.45) is 3.61. The van der Waals surface area contributed by atoms with Crippen LogP contribution in [-0.4, -0.2) is 32.1 Å². The summed E-state index contributed by atoms with van der Waals surface area (Å²) in [5, 5.41) is 9.92. The lowest BCUT2D eigenvalue weighted by Crippen LogP contribution is -2.16. The molecule has 2 aromatic carbocycles. The molecule has 0 aliphatic carbocycles. The largest absolute Gasteiger partial charge is 0.461 e. The first-order valence-corrected chi connectivity index (χ1v) is 9.82. The van der Waals surface area contributed by atoms with Crippen LogP contribution in [0.2, 0.25) is 5.02 Å². The molecule has 29 heavy (non-hydrogen) atoms. The van der Waals surface area contributed by atoms with Crippen LogP contribution in [0, 0.1) is 4.51 Å². The zero-order valence-electron chi connectivity index (χ0n) is 15.6. The van der Waals surface area contributed by atoms with Crippen LogP contribution in [0.5, 0.6) is 0 Å². The van der Waals surface area contributed by atoms with E-state index < -0.39 is 5.97 Å². The maximum atomic E-state index is 12.4. The minimum absolute atomic E-state index is 0.116. The SMILES string of the molecule is CCOC(=O)c1nn(Cc2ccc(-n3cccn3)cc2)c2c(Cl)cccc2c1=S. The predicted molar refractivity (Wildman–Crippen MR) is 114 cm³/mol. The maximum absolute atomic E-state index is 12.4. The van der Waals surface area contributed by atoms with Crippen LogP contribution < -0.4 is 0 Å². The molecule has 0 N–H and O–H groups in total. The van der Waals surface area contributed by atoms with Crippen molar-refractivity contribution >= 4 is 40.7 Å². The Bertz CT molecular complexity index is 1230. The Kier molecular flexibility index (Phi) is 5.42. The molecular formula is C21H17ClN4O2S. The van der Waals surface area contributed by atoms with Crippen LogP contribution >= 0.6 is 23.8 Å². The monoisotopic (exact) mass is 424 g/mol. The molecule has 2 aromatic heterocycles. The Morgan fingerprint density at radius 2 is 1.97 bits per heavy atom. The molecule has 4 rings (SSSR count). The molecule has 0 aliphatic rings. The summed E-state index contributed by atoms with van der Waals surface area (Å²) >= 11 is 11.9. The van der Waals surface area contributed by atoms with Gasteiger partial charge in [0, 0.05) is 17.8 Å². The average Bonchev–Trinajstić information content (AvgIpc) is 3.26. The van der Waals surface area contributed by atoms with Gasteiger partial charge in [-0.3, -0.25) is 4.68 Å². The number of hydrogen-bond donors (Lipinski definition) is 0. The summed E-state index contributed by atoms with van der Waals surface area (Å²) in [6, 6.07) is 15.2. The fourth-order valence-corrected chi connectivity index (χ4v) is 3.66. The highest BCUT2D eigenvalue weighted by Gasteiger charge is 2.17. The summed E-state index contributed by atoms with van der Waals surface area (Å²) in [5.41, 5.74) is 2.74. The Morgan fingerprint density at radius 3 is 2.66 bits per heavy atom. The van der Waals surface area contributed by atoms with Crippen molar-refractivity contribution in [3.05, 3.63) is 81.7 Å². The molecule has 2 heterocycles. The molecule has 0 spiro atoms. The van der Waals surface area contributed by atoms with Crippen molar-refractivity contribution in [2.24, 2.45) is 0 Å². The van der Waals surface area contributed by atoms with E-state index in [2.05, 4.69) is 10.2 Å². The minimum atomic E-state index is -0.540. The van der Waals surface area contributed by atoms with Crippen LogP contribution in [-0.2, 0) is 11.3 Å². The molecule has 0 aliphatic heterocycles. The average molecular weight is 425 g/mol. The standard InChI is InChI=1S/C21H17ClN4O2S/c1-2-28-21(27)18-20(29)16-5-3-6-17(22)19(16)26(24-18)13-14-7-9-15(10-8-14)25-12-4-11-23-25/h3-12H,2,13H2,1H3. The van der Waals surface area contributed by atoms with Crippen molar-refractivity contribution in [2.75, 3.05) is 6.61 Å². The molecule has 6 nitrogen and oxygen atoms in total. The highest BCUT2D eigenvalue weighted by molar-refractivity contribution is 7.71. The normalized spacial score (nSPS) is 11.0. The number of benzene rings is 2. The molecule has 0 bridgehead atoms. The minimum Gasteiger partial charge on any atom is -0.461 e. The number of aromatic nitrogens is 4. The van der Waals surface area contributed by atoms with Gasteiger partial charge in [0.1, 0.15) is 0 Å².